The lowest BCUT2D eigenvalue weighted by Crippen LogP contribution is -2.05. The minimum Gasteiger partial charge on any atom is -0.490 e. The van der Waals surface area contributed by atoms with Crippen LogP contribution in [-0.4, -0.2) is 45.5 Å². The molecule has 27 heavy (non-hydrogen) atoms. The lowest BCUT2D eigenvalue weighted by Gasteiger charge is -2.12. The smallest absolute Gasteiger partial charge is 0.315 e. The Kier molecular flexibility index (Phi) is 7.59. The maximum atomic E-state index is 11.5. The first kappa shape index (κ1) is 20.7. The molecule has 0 radical (unpaired) electrons. The summed E-state index contributed by atoms with van der Waals surface area (Å²) in [5.41, 5.74) is 0.372. The summed E-state index contributed by atoms with van der Waals surface area (Å²) in [4.78, 5) is 11.0. The van der Waals surface area contributed by atoms with Crippen LogP contribution in [0.15, 0.2) is 22.4 Å². The summed E-state index contributed by atoms with van der Waals surface area (Å²) < 4.78 is 12.8. The van der Waals surface area contributed by atoms with Gasteiger partial charge in [-0.1, -0.05) is 25.6 Å². The van der Waals surface area contributed by atoms with Crippen molar-refractivity contribution in [1.29, 1.82) is 0 Å². The Morgan fingerprint density at radius 2 is 2.07 bits per heavy atom. The highest BCUT2D eigenvalue weighted by Crippen LogP contribution is 2.38. The molecular weight excluding hydrogens is 370 g/mol. The van der Waals surface area contributed by atoms with Crippen molar-refractivity contribution < 1.29 is 14.4 Å². The summed E-state index contributed by atoms with van der Waals surface area (Å²) in [5, 5.41) is 24.7. The van der Waals surface area contributed by atoms with Crippen LogP contribution in [0, 0.1) is 10.1 Å². The molecule has 2 rings (SSSR count). The van der Waals surface area contributed by atoms with Gasteiger partial charge in [0.05, 0.1) is 24.4 Å². The van der Waals surface area contributed by atoms with Gasteiger partial charge in [-0.2, -0.15) is 9.78 Å². The van der Waals surface area contributed by atoms with E-state index >= 15 is 0 Å². The summed E-state index contributed by atoms with van der Waals surface area (Å²) in [6.07, 6.45) is 4.81. The second-order valence-corrected chi connectivity index (χ2v) is 6.19. The Morgan fingerprint density at radius 3 is 2.67 bits per heavy atom. The molecule has 2 aromatic rings. The molecule has 10 heteroatoms. The highest BCUT2D eigenvalue weighted by Gasteiger charge is 2.22. The second kappa shape index (κ2) is 9.91. The molecule has 0 aliphatic carbocycles. The van der Waals surface area contributed by atoms with Crippen LogP contribution < -0.4 is 9.47 Å². The third kappa shape index (κ3) is 4.97. The maximum Gasteiger partial charge on any atom is 0.315 e. The predicted octanol–water partition coefficient (Wildman–Crippen LogP) is 3.54. The van der Waals surface area contributed by atoms with Crippen LogP contribution in [0.2, 0.25) is 0 Å². The molecule has 0 N–H and O–H groups in total. The molecule has 1 aromatic carbocycles. The molecule has 0 saturated heterocycles. The first-order valence-electron chi connectivity index (χ1n) is 8.66. The van der Waals surface area contributed by atoms with E-state index < -0.39 is 4.92 Å². The Bertz CT molecular complexity index is 800. The van der Waals surface area contributed by atoms with Crippen molar-refractivity contribution in [3.8, 4) is 11.5 Å². The van der Waals surface area contributed by atoms with Gasteiger partial charge >= 0.3 is 5.69 Å². The van der Waals surface area contributed by atoms with E-state index in [1.165, 1.54) is 24.0 Å². The fourth-order valence-corrected chi connectivity index (χ4v) is 2.76. The van der Waals surface area contributed by atoms with E-state index in [0.29, 0.717) is 41.9 Å². The minimum atomic E-state index is -0.478. The Labute approximate surface area is 161 Å². The van der Waals surface area contributed by atoms with Crippen molar-refractivity contribution in [3.05, 3.63) is 33.6 Å². The van der Waals surface area contributed by atoms with Gasteiger partial charge in [-0.3, -0.25) is 10.1 Å². The van der Waals surface area contributed by atoms with Gasteiger partial charge in [0.1, 0.15) is 0 Å². The molecule has 0 aliphatic rings. The molecule has 0 aliphatic heterocycles. The van der Waals surface area contributed by atoms with E-state index in [-0.39, 0.29) is 11.4 Å². The number of hydrogen-bond acceptors (Lipinski definition) is 8. The monoisotopic (exact) mass is 393 g/mol. The lowest BCUT2D eigenvalue weighted by molar-refractivity contribution is -0.386. The van der Waals surface area contributed by atoms with Gasteiger partial charge in [0.15, 0.2) is 11.6 Å². The van der Waals surface area contributed by atoms with Crippen LogP contribution in [0.25, 0.3) is 0 Å². The van der Waals surface area contributed by atoms with E-state index in [9.17, 15) is 10.1 Å². The average Bonchev–Trinajstić information content (AvgIpc) is 3.07. The van der Waals surface area contributed by atoms with Crippen molar-refractivity contribution >= 4 is 23.7 Å². The van der Waals surface area contributed by atoms with Gasteiger partial charge in [-0.15, -0.1) is 10.2 Å². The summed E-state index contributed by atoms with van der Waals surface area (Å²) in [7, 11) is 0. The molecule has 9 nitrogen and oxygen atoms in total. The molecule has 1 aromatic heterocycles. The third-order valence-corrected chi connectivity index (χ3v) is 4.12. The number of thioether (sulfide) groups is 1. The number of aromatic nitrogens is 3. The normalized spacial score (nSPS) is 11.1. The zero-order valence-corrected chi connectivity index (χ0v) is 16.7. The fraction of sp³-hybridized carbons (Fsp3) is 0.471. The molecule has 0 spiro atoms. The van der Waals surface area contributed by atoms with Crippen molar-refractivity contribution in [2.75, 3.05) is 19.5 Å². The highest BCUT2D eigenvalue weighted by molar-refractivity contribution is 7.98. The number of benzene rings is 1. The molecule has 0 fully saturated rings. The largest absolute Gasteiger partial charge is 0.490 e. The Hall–Kier alpha value is -2.62. The molecule has 0 saturated carbocycles. The van der Waals surface area contributed by atoms with Crippen molar-refractivity contribution in [1.82, 2.24) is 14.9 Å². The van der Waals surface area contributed by atoms with Crippen molar-refractivity contribution in [2.24, 2.45) is 5.10 Å². The van der Waals surface area contributed by atoms with E-state index in [2.05, 4.69) is 15.3 Å². The number of rotatable bonds is 10. The quantitative estimate of drug-likeness (QED) is 0.263. The zero-order chi connectivity index (χ0) is 19.8. The Balaban J connectivity index is 2.48. The van der Waals surface area contributed by atoms with Gasteiger partial charge in [0, 0.05) is 18.1 Å². The van der Waals surface area contributed by atoms with Crippen LogP contribution in [0.3, 0.4) is 0 Å². The number of nitro benzene ring substituents is 1. The van der Waals surface area contributed by atoms with Crippen LogP contribution >= 0.6 is 11.8 Å². The van der Waals surface area contributed by atoms with Gasteiger partial charge in [0.2, 0.25) is 10.9 Å². The van der Waals surface area contributed by atoms with Crippen molar-refractivity contribution in [3.63, 3.8) is 0 Å². The standard InChI is InChI=1S/C17H23N5O4S/c1-5-8-26-16-13(22(23)24)9-12(10-14(16)25-7-3)11-18-21-15(6-2)19-20-17(21)27-4/h9-11H,5-8H2,1-4H3/b18-11-. The Morgan fingerprint density at radius 1 is 1.30 bits per heavy atom. The molecular formula is C17H23N5O4S. The molecule has 146 valence electrons. The van der Waals surface area contributed by atoms with E-state index in [1.807, 2.05) is 27.0 Å². The van der Waals surface area contributed by atoms with E-state index in [4.69, 9.17) is 9.47 Å². The van der Waals surface area contributed by atoms with Gasteiger partial charge in [-0.25, -0.2) is 0 Å². The number of nitrogens with zero attached hydrogens (tertiary/aromatic N) is 5. The molecule has 1 heterocycles. The molecule has 0 atom stereocenters. The molecule has 0 amide bonds. The first-order valence-corrected chi connectivity index (χ1v) is 9.88. The zero-order valence-electron chi connectivity index (χ0n) is 15.8. The number of hydrogen-bond donors (Lipinski definition) is 0. The number of ether oxygens (including phenoxy) is 2. The van der Waals surface area contributed by atoms with E-state index in [1.54, 1.807) is 10.7 Å². The second-order valence-electron chi connectivity index (χ2n) is 5.42. The maximum absolute atomic E-state index is 11.5. The summed E-state index contributed by atoms with van der Waals surface area (Å²) in [5.74, 6) is 1.17. The van der Waals surface area contributed by atoms with Crippen LogP contribution in [-0.2, 0) is 6.42 Å². The topological polar surface area (TPSA) is 105 Å². The summed E-state index contributed by atoms with van der Waals surface area (Å²) in [6.45, 7) is 6.43. The highest BCUT2D eigenvalue weighted by atomic mass is 32.2. The lowest BCUT2D eigenvalue weighted by atomic mass is 10.2. The molecule has 0 unspecified atom stereocenters. The minimum absolute atomic E-state index is 0.143. The SMILES string of the molecule is CCCOc1c(OCC)cc(/C=N\n2c(CC)nnc2SC)cc1[N+](=O)[O-]. The van der Waals surface area contributed by atoms with E-state index in [0.717, 1.165) is 6.42 Å². The van der Waals surface area contributed by atoms with Crippen LogP contribution in [0.5, 0.6) is 11.5 Å². The van der Waals surface area contributed by atoms with Gasteiger partial charge < -0.3 is 9.47 Å². The molecule has 0 bridgehead atoms. The van der Waals surface area contributed by atoms with Crippen LogP contribution in [0.1, 0.15) is 38.6 Å². The van der Waals surface area contributed by atoms with Gasteiger partial charge in [0.25, 0.3) is 0 Å². The first-order chi connectivity index (χ1) is 13.0. The number of aryl methyl sites for hydroxylation is 1. The average molecular weight is 393 g/mol. The van der Waals surface area contributed by atoms with Gasteiger partial charge in [-0.05, 0) is 25.7 Å². The third-order valence-electron chi connectivity index (χ3n) is 3.50. The number of nitro groups is 1. The summed E-state index contributed by atoms with van der Waals surface area (Å²) >= 11 is 1.42. The van der Waals surface area contributed by atoms with Crippen molar-refractivity contribution in [2.45, 2.75) is 38.8 Å². The fourth-order valence-electron chi connectivity index (χ4n) is 2.31. The summed E-state index contributed by atoms with van der Waals surface area (Å²) in [6, 6.07) is 3.10. The van der Waals surface area contributed by atoms with Crippen LogP contribution in [0.4, 0.5) is 5.69 Å². The predicted molar refractivity (Wildman–Crippen MR) is 104 cm³/mol.